The predicted octanol–water partition coefficient (Wildman–Crippen LogP) is 2.02. The van der Waals surface area contributed by atoms with Gasteiger partial charge in [0.15, 0.2) is 0 Å². The maximum Gasteiger partial charge on any atom is 0.250 e. The van der Waals surface area contributed by atoms with Gasteiger partial charge in [-0.1, -0.05) is 12.1 Å². The summed E-state index contributed by atoms with van der Waals surface area (Å²) in [5.74, 6) is 1.04. The Bertz CT molecular complexity index is 906. The van der Waals surface area contributed by atoms with E-state index in [0.29, 0.717) is 0 Å². The van der Waals surface area contributed by atoms with E-state index in [1.165, 1.54) is 16.2 Å². The van der Waals surface area contributed by atoms with Crippen molar-refractivity contribution in [1.82, 2.24) is 9.47 Å². The third-order valence-corrected chi connectivity index (χ3v) is 5.76. The van der Waals surface area contributed by atoms with E-state index in [1.54, 1.807) is 31.3 Å². The van der Waals surface area contributed by atoms with E-state index in [1.807, 2.05) is 12.1 Å². The Labute approximate surface area is 159 Å². The highest BCUT2D eigenvalue weighted by atomic mass is 16.5. The molecule has 2 saturated heterocycles. The number of hydrogen-bond acceptors (Lipinski definition) is 4. The Kier molecular flexibility index (Phi) is 4.52. The molecule has 142 valence electrons. The zero-order valence-electron chi connectivity index (χ0n) is 15.9. The summed E-state index contributed by atoms with van der Waals surface area (Å²) in [6, 6.07) is 11.4. The molecular weight excluding hydrogens is 342 g/mol. The Hall–Kier alpha value is -2.60. The number of anilines is 1. The molecule has 2 aliphatic heterocycles. The van der Waals surface area contributed by atoms with Gasteiger partial charge in [-0.15, -0.1) is 0 Å². The van der Waals surface area contributed by atoms with E-state index < -0.39 is 0 Å². The molecule has 1 amide bonds. The SMILES string of the molecule is COc1ccc(CN2CCCC3(C2)CN(c2ccc(=O)n(C)c2)C3=O)cc1. The minimum atomic E-state index is -0.278. The number of methoxy groups -OCH3 is 1. The van der Waals surface area contributed by atoms with Crippen LogP contribution in [0.15, 0.2) is 47.4 Å². The number of aromatic nitrogens is 1. The maximum atomic E-state index is 13.0. The second-order valence-electron chi connectivity index (χ2n) is 7.67. The van der Waals surface area contributed by atoms with Gasteiger partial charge >= 0.3 is 0 Å². The first-order valence-electron chi connectivity index (χ1n) is 9.35. The first-order valence-corrected chi connectivity index (χ1v) is 9.35. The quantitative estimate of drug-likeness (QED) is 0.776. The second kappa shape index (κ2) is 6.85. The summed E-state index contributed by atoms with van der Waals surface area (Å²) in [7, 11) is 3.38. The fourth-order valence-corrected chi connectivity index (χ4v) is 4.24. The lowest BCUT2D eigenvalue weighted by Crippen LogP contribution is -2.67. The third kappa shape index (κ3) is 3.25. The first-order chi connectivity index (χ1) is 13.0. The number of amides is 1. The molecule has 0 radical (unpaired) electrons. The van der Waals surface area contributed by atoms with Gasteiger partial charge in [-0.25, -0.2) is 0 Å². The summed E-state index contributed by atoms with van der Waals surface area (Å²) in [4.78, 5) is 28.8. The lowest BCUT2D eigenvalue weighted by atomic mass is 9.72. The van der Waals surface area contributed by atoms with Crippen LogP contribution in [0, 0.1) is 5.41 Å². The fourth-order valence-electron chi connectivity index (χ4n) is 4.24. The van der Waals surface area contributed by atoms with E-state index in [0.717, 1.165) is 50.5 Å². The topological polar surface area (TPSA) is 54.8 Å². The van der Waals surface area contributed by atoms with Crippen LogP contribution < -0.4 is 15.2 Å². The van der Waals surface area contributed by atoms with Crippen molar-refractivity contribution in [2.75, 3.05) is 31.6 Å². The molecule has 2 aliphatic rings. The van der Waals surface area contributed by atoms with Crippen molar-refractivity contribution >= 4 is 11.6 Å². The second-order valence-corrected chi connectivity index (χ2v) is 7.67. The van der Waals surface area contributed by atoms with Crippen LogP contribution in [0.3, 0.4) is 0 Å². The monoisotopic (exact) mass is 367 g/mol. The van der Waals surface area contributed by atoms with Crippen LogP contribution in [0.4, 0.5) is 5.69 Å². The molecule has 2 fully saturated rings. The maximum absolute atomic E-state index is 13.0. The van der Waals surface area contributed by atoms with Gasteiger partial charge in [0, 0.05) is 38.9 Å². The van der Waals surface area contributed by atoms with Crippen molar-refractivity contribution in [1.29, 1.82) is 0 Å². The molecule has 6 nitrogen and oxygen atoms in total. The van der Waals surface area contributed by atoms with Gasteiger partial charge in [-0.05, 0) is 43.1 Å². The standard InChI is InChI=1S/C21H25N3O3/c1-22-13-17(6-9-19(22)25)24-15-21(20(24)26)10-3-11-23(14-21)12-16-4-7-18(27-2)8-5-16/h4-9,13H,3,10-12,14-15H2,1-2H3. The molecule has 0 bridgehead atoms. The van der Waals surface area contributed by atoms with Crippen molar-refractivity contribution in [3.05, 3.63) is 58.5 Å². The number of piperidine rings is 1. The van der Waals surface area contributed by atoms with Gasteiger partial charge in [0.2, 0.25) is 11.5 Å². The summed E-state index contributed by atoms with van der Waals surface area (Å²) in [6.07, 6.45) is 3.71. The smallest absolute Gasteiger partial charge is 0.250 e. The normalized spacial score (nSPS) is 22.7. The number of β-lactam (4-membered cyclic amide) rings is 1. The van der Waals surface area contributed by atoms with Gasteiger partial charge < -0.3 is 14.2 Å². The zero-order valence-corrected chi connectivity index (χ0v) is 15.9. The molecule has 4 rings (SSSR count). The van der Waals surface area contributed by atoms with E-state index in [2.05, 4.69) is 17.0 Å². The molecule has 2 aromatic rings. The highest BCUT2D eigenvalue weighted by Crippen LogP contribution is 2.42. The van der Waals surface area contributed by atoms with Gasteiger partial charge in [0.05, 0.1) is 18.2 Å². The fraction of sp³-hybridized carbons (Fsp3) is 0.429. The Morgan fingerprint density at radius 3 is 2.52 bits per heavy atom. The van der Waals surface area contributed by atoms with Crippen LogP contribution in [0.25, 0.3) is 0 Å². The lowest BCUT2D eigenvalue weighted by Gasteiger charge is -2.53. The third-order valence-electron chi connectivity index (χ3n) is 5.76. The minimum absolute atomic E-state index is 0.0650. The van der Waals surface area contributed by atoms with Crippen LogP contribution in [-0.4, -0.2) is 42.1 Å². The number of carbonyl (C=O) groups is 1. The highest BCUT2D eigenvalue weighted by Gasteiger charge is 2.54. The van der Waals surface area contributed by atoms with Gasteiger partial charge in [0.1, 0.15) is 5.75 Å². The van der Waals surface area contributed by atoms with Crippen molar-refractivity contribution in [2.24, 2.45) is 12.5 Å². The summed E-state index contributed by atoms with van der Waals surface area (Å²) in [5.41, 5.74) is 1.69. The molecule has 3 heterocycles. The van der Waals surface area contributed by atoms with E-state index in [9.17, 15) is 9.59 Å². The number of pyridine rings is 1. The summed E-state index contributed by atoms with van der Waals surface area (Å²) >= 11 is 0. The van der Waals surface area contributed by atoms with Crippen LogP contribution in [0.1, 0.15) is 18.4 Å². The number of likely N-dealkylation sites (tertiary alicyclic amines) is 1. The van der Waals surface area contributed by atoms with Crippen molar-refractivity contribution in [3.63, 3.8) is 0 Å². The number of aryl methyl sites for hydroxylation is 1. The van der Waals surface area contributed by atoms with E-state index in [4.69, 9.17) is 4.74 Å². The Morgan fingerprint density at radius 1 is 1.07 bits per heavy atom. The summed E-state index contributed by atoms with van der Waals surface area (Å²) in [5, 5.41) is 0. The molecule has 6 heteroatoms. The molecule has 0 N–H and O–H groups in total. The number of nitrogens with zero attached hydrogens (tertiary/aromatic N) is 3. The van der Waals surface area contributed by atoms with E-state index >= 15 is 0 Å². The number of benzene rings is 1. The predicted molar refractivity (Wildman–Crippen MR) is 104 cm³/mol. The zero-order chi connectivity index (χ0) is 19.0. The lowest BCUT2D eigenvalue weighted by molar-refractivity contribution is -0.139. The van der Waals surface area contributed by atoms with Crippen molar-refractivity contribution in [2.45, 2.75) is 19.4 Å². The van der Waals surface area contributed by atoms with Crippen LogP contribution >= 0.6 is 0 Å². The van der Waals surface area contributed by atoms with Crippen LogP contribution in [0.2, 0.25) is 0 Å². The molecule has 1 aromatic heterocycles. The van der Waals surface area contributed by atoms with Crippen molar-refractivity contribution in [3.8, 4) is 5.75 Å². The first kappa shape index (κ1) is 17.8. The van der Waals surface area contributed by atoms with Crippen LogP contribution in [0.5, 0.6) is 5.75 Å². The molecule has 27 heavy (non-hydrogen) atoms. The van der Waals surface area contributed by atoms with Crippen molar-refractivity contribution < 1.29 is 9.53 Å². The number of rotatable bonds is 4. The molecule has 1 spiro atoms. The number of ether oxygens (including phenoxy) is 1. The Morgan fingerprint density at radius 2 is 1.85 bits per heavy atom. The molecule has 1 unspecified atom stereocenters. The number of hydrogen-bond donors (Lipinski definition) is 0. The molecule has 1 atom stereocenters. The molecular formula is C21H25N3O3. The minimum Gasteiger partial charge on any atom is -0.497 e. The summed E-state index contributed by atoms with van der Waals surface area (Å²) in [6.45, 7) is 3.38. The largest absolute Gasteiger partial charge is 0.497 e. The molecule has 0 aliphatic carbocycles. The average molecular weight is 367 g/mol. The molecule has 1 aromatic carbocycles. The van der Waals surface area contributed by atoms with Gasteiger partial charge in [0.25, 0.3) is 0 Å². The average Bonchev–Trinajstić information content (AvgIpc) is 2.69. The Balaban J connectivity index is 1.44. The summed E-state index contributed by atoms with van der Waals surface area (Å²) < 4.78 is 6.74. The van der Waals surface area contributed by atoms with Gasteiger partial charge in [-0.3, -0.25) is 14.5 Å². The molecule has 0 saturated carbocycles. The highest BCUT2D eigenvalue weighted by molar-refractivity contribution is 6.04. The van der Waals surface area contributed by atoms with Gasteiger partial charge in [-0.2, -0.15) is 0 Å². The number of carbonyl (C=O) groups excluding carboxylic acids is 1. The van der Waals surface area contributed by atoms with Crippen LogP contribution in [-0.2, 0) is 18.4 Å². The van der Waals surface area contributed by atoms with E-state index in [-0.39, 0.29) is 16.9 Å².